The van der Waals surface area contributed by atoms with Crippen LogP contribution in [0.5, 0.6) is 0 Å². The highest BCUT2D eigenvalue weighted by molar-refractivity contribution is 5.67. The molecule has 0 aromatic heterocycles. The van der Waals surface area contributed by atoms with Gasteiger partial charge in [-0.2, -0.15) is 0 Å². The Balaban J connectivity index is 2.59. The second-order valence-corrected chi connectivity index (χ2v) is 6.00. The lowest BCUT2D eigenvalue weighted by Gasteiger charge is -2.27. The predicted octanol–water partition coefficient (Wildman–Crippen LogP) is 3.72. The first-order valence-electron chi connectivity index (χ1n) is 7.42. The van der Waals surface area contributed by atoms with Crippen LogP contribution in [0.2, 0.25) is 0 Å². The van der Waals surface area contributed by atoms with Gasteiger partial charge in [0, 0.05) is 12.5 Å². The zero-order chi connectivity index (χ0) is 15.1. The molecule has 0 saturated heterocycles. The smallest absolute Gasteiger partial charge is 0.303 e. The van der Waals surface area contributed by atoms with Gasteiger partial charge in [-0.25, -0.2) is 0 Å². The Bertz CT molecular complexity index is 403. The lowest BCUT2D eigenvalue weighted by atomic mass is 9.82. The van der Waals surface area contributed by atoms with E-state index >= 15 is 0 Å². The van der Waals surface area contributed by atoms with Gasteiger partial charge in [0.1, 0.15) is 0 Å². The Morgan fingerprint density at radius 3 is 2.25 bits per heavy atom. The van der Waals surface area contributed by atoms with Crippen LogP contribution in [-0.4, -0.2) is 17.6 Å². The third-order valence-corrected chi connectivity index (χ3v) is 4.22. The molecule has 1 aromatic carbocycles. The lowest BCUT2D eigenvalue weighted by molar-refractivity contribution is -0.138. The summed E-state index contributed by atoms with van der Waals surface area (Å²) in [5.74, 6) is 0.338. The Labute approximate surface area is 122 Å². The van der Waals surface area contributed by atoms with Crippen molar-refractivity contribution in [2.24, 2.45) is 17.8 Å². The Kier molecular flexibility index (Phi) is 6.73. The minimum absolute atomic E-state index is 0.165. The van der Waals surface area contributed by atoms with Crippen molar-refractivity contribution in [1.82, 2.24) is 5.32 Å². The summed E-state index contributed by atoms with van der Waals surface area (Å²) in [6, 6.07) is 10.5. The molecule has 0 heterocycles. The number of hydrogen-bond donors (Lipinski definition) is 2. The summed E-state index contributed by atoms with van der Waals surface area (Å²) in [4.78, 5) is 11.0. The van der Waals surface area contributed by atoms with Crippen LogP contribution in [0.3, 0.4) is 0 Å². The summed E-state index contributed by atoms with van der Waals surface area (Å²) in [6.07, 6.45) is 0.230. The largest absolute Gasteiger partial charge is 0.481 e. The Morgan fingerprint density at radius 1 is 1.15 bits per heavy atom. The van der Waals surface area contributed by atoms with Crippen LogP contribution in [0.15, 0.2) is 30.3 Å². The van der Waals surface area contributed by atoms with Crippen LogP contribution in [-0.2, 0) is 4.79 Å². The molecule has 0 fully saturated rings. The quantitative estimate of drug-likeness (QED) is 0.761. The summed E-state index contributed by atoms with van der Waals surface area (Å²) in [7, 11) is 0. The molecule has 2 N–H and O–H groups in total. The van der Waals surface area contributed by atoms with Gasteiger partial charge in [-0.15, -0.1) is 0 Å². The van der Waals surface area contributed by atoms with E-state index in [2.05, 4.69) is 45.1 Å². The molecular weight excluding hydrogens is 250 g/mol. The molecule has 3 atom stereocenters. The maximum absolute atomic E-state index is 11.0. The zero-order valence-electron chi connectivity index (χ0n) is 13.0. The third kappa shape index (κ3) is 5.33. The average Bonchev–Trinajstić information content (AvgIpc) is 2.42. The second-order valence-electron chi connectivity index (χ2n) is 6.00. The summed E-state index contributed by atoms with van der Waals surface area (Å²) < 4.78 is 0. The van der Waals surface area contributed by atoms with Gasteiger partial charge in [-0.05, 0) is 36.8 Å². The Hall–Kier alpha value is -1.35. The van der Waals surface area contributed by atoms with Gasteiger partial charge >= 0.3 is 5.97 Å². The highest BCUT2D eigenvalue weighted by atomic mass is 16.4. The molecule has 0 saturated carbocycles. The molecule has 1 rings (SSSR count). The molecule has 0 bridgehead atoms. The molecule has 1 aromatic rings. The molecule has 0 radical (unpaired) electrons. The maximum atomic E-state index is 11.0. The van der Waals surface area contributed by atoms with Gasteiger partial charge < -0.3 is 10.4 Å². The van der Waals surface area contributed by atoms with Gasteiger partial charge in [0.15, 0.2) is 0 Å². The standard InChI is InChI=1S/C17H27NO2/c1-12(2)13(3)16(10-17(19)20)11-18-14(4)15-8-6-5-7-9-15/h5-9,12-14,16,18H,10-11H2,1-4H3,(H,19,20)/t13-,14-,16-/m0/s1. The molecule has 0 aliphatic heterocycles. The van der Waals surface area contributed by atoms with Gasteiger partial charge in [-0.3, -0.25) is 4.79 Å². The normalized spacial score (nSPS) is 15.8. The van der Waals surface area contributed by atoms with E-state index in [1.807, 2.05) is 18.2 Å². The molecule has 3 heteroatoms. The van der Waals surface area contributed by atoms with Gasteiger partial charge in [0.05, 0.1) is 0 Å². The van der Waals surface area contributed by atoms with Crippen molar-refractivity contribution in [2.45, 2.75) is 40.2 Å². The van der Waals surface area contributed by atoms with E-state index in [1.54, 1.807) is 0 Å². The van der Waals surface area contributed by atoms with Crippen molar-refractivity contribution < 1.29 is 9.90 Å². The van der Waals surface area contributed by atoms with E-state index < -0.39 is 5.97 Å². The molecule has 20 heavy (non-hydrogen) atoms. The van der Waals surface area contributed by atoms with Crippen molar-refractivity contribution in [2.75, 3.05) is 6.54 Å². The van der Waals surface area contributed by atoms with E-state index in [9.17, 15) is 4.79 Å². The van der Waals surface area contributed by atoms with Crippen molar-refractivity contribution in [3.63, 3.8) is 0 Å². The van der Waals surface area contributed by atoms with Crippen LogP contribution in [0.1, 0.15) is 45.7 Å². The zero-order valence-corrected chi connectivity index (χ0v) is 13.0. The van der Waals surface area contributed by atoms with Crippen molar-refractivity contribution >= 4 is 5.97 Å². The molecule has 112 valence electrons. The number of rotatable bonds is 8. The monoisotopic (exact) mass is 277 g/mol. The Morgan fingerprint density at radius 2 is 1.75 bits per heavy atom. The van der Waals surface area contributed by atoms with Crippen LogP contribution >= 0.6 is 0 Å². The van der Waals surface area contributed by atoms with E-state index in [1.165, 1.54) is 5.56 Å². The minimum Gasteiger partial charge on any atom is -0.481 e. The fraction of sp³-hybridized carbons (Fsp3) is 0.588. The van der Waals surface area contributed by atoms with Gasteiger partial charge in [0.25, 0.3) is 0 Å². The summed E-state index contributed by atoms with van der Waals surface area (Å²) >= 11 is 0. The van der Waals surface area contributed by atoms with Crippen LogP contribution < -0.4 is 5.32 Å². The average molecular weight is 277 g/mol. The number of carboxylic acid groups (broad SMARTS) is 1. The minimum atomic E-state index is -0.711. The lowest BCUT2D eigenvalue weighted by Crippen LogP contribution is -2.32. The van der Waals surface area contributed by atoms with E-state index in [4.69, 9.17) is 5.11 Å². The second kappa shape index (κ2) is 8.05. The SMILES string of the molecule is CC(C)[C@H](C)[C@H](CN[C@@H](C)c1ccccc1)CC(=O)O. The molecular formula is C17H27NO2. The summed E-state index contributed by atoms with van der Waals surface area (Å²) in [5, 5.41) is 12.5. The maximum Gasteiger partial charge on any atom is 0.303 e. The van der Waals surface area contributed by atoms with Crippen LogP contribution in [0.25, 0.3) is 0 Å². The topological polar surface area (TPSA) is 49.3 Å². The first-order valence-corrected chi connectivity index (χ1v) is 7.42. The molecule has 0 spiro atoms. The van der Waals surface area contributed by atoms with E-state index in [0.29, 0.717) is 11.8 Å². The van der Waals surface area contributed by atoms with Gasteiger partial charge in [0.2, 0.25) is 0 Å². The number of aliphatic carboxylic acids is 1. The summed E-state index contributed by atoms with van der Waals surface area (Å²) in [6.45, 7) is 9.31. The number of benzene rings is 1. The molecule has 0 aliphatic carbocycles. The third-order valence-electron chi connectivity index (χ3n) is 4.22. The molecule has 0 amide bonds. The fourth-order valence-corrected chi connectivity index (χ4v) is 2.40. The highest BCUT2D eigenvalue weighted by Crippen LogP contribution is 2.24. The van der Waals surface area contributed by atoms with Crippen molar-refractivity contribution in [3.8, 4) is 0 Å². The predicted molar refractivity (Wildman–Crippen MR) is 82.6 cm³/mol. The number of carbonyl (C=O) groups is 1. The fourth-order valence-electron chi connectivity index (χ4n) is 2.40. The van der Waals surface area contributed by atoms with Crippen LogP contribution in [0.4, 0.5) is 0 Å². The number of nitrogens with one attached hydrogen (secondary N) is 1. The van der Waals surface area contributed by atoms with E-state index in [-0.39, 0.29) is 18.4 Å². The molecule has 0 aliphatic rings. The first kappa shape index (κ1) is 16.7. The van der Waals surface area contributed by atoms with Crippen molar-refractivity contribution in [3.05, 3.63) is 35.9 Å². The number of carboxylic acids is 1. The highest BCUT2D eigenvalue weighted by Gasteiger charge is 2.23. The van der Waals surface area contributed by atoms with E-state index in [0.717, 1.165) is 6.54 Å². The summed E-state index contributed by atoms with van der Waals surface area (Å²) in [5.41, 5.74) is 1.23. The van der Waals surface area contributed by atoms with Crippen LogP contribution in [0, 0.1) is 17.8 Å². The van der Waals surface area contributed by atoms with Gasteiger partial charge in [-0.1, -0.05) is 51.1 Å². The molecule has 0 unspecified atom stereocenters. The number of hydrogen-bond acceptors (Lipinski definition) is 2. The van der Waals surface area contributed by atoms with Crippen molar-refractivity contribution in [1.29, 1.82) is 0 Å². The molecule has 3 nitrogen and oxygen atoms in total. The first-order chi connectivity index (χ1) is 9.41.